The van der Waals surface area contributed by atoms with Crippen molar-refractivity contribution in [2.24, 2.45) is 0 Å². The molecule has 5 nitrogen and oxygen atoms in total. The third-order valence-electron chi connectivity index (χ3n) is 3.38. The molecule has 0 aliphatic carbocycles. The summed E-state index contributed by atoms with van der Waals surface area (Å²) in [4.78, 5) is 0. The monoisotopic (exact) mass is 376 g/mol. The standard InChI is InChI=1S/C20H25O5P/c1-14(2)24-26(23,25-15(3)4)18-10-7-16(8-11-18)5-6-17-9-12-19(21)20(22)13-17/h5-15,21-22H,1-4H3. The zero-order valence-corrected chi connectivity index (χ0v) is 16.3. The van der Waals surface area contributed by atoms with Gasteiger partial charge in [0.2, 0.25) is 0 Å². The molecule has 0 aliphatic heterocycles. The summed E-state index contributed by atoms with van der Waals surface area (Å²) in [5.41, 5.74) is 1.64. The summed E-state index contributed by atoms with van der Waals surface area (Å²) in [5.74, 6) is -0.322. The first kappa shape index (κ1) is 20.2. The van der Waals surface area contributed by atoms with Crippen molar-refractivity contribution < 1.29 is 23.8 Å². The van der Waals surface area contributed by atoms with Gasteiger partial charge in [-0.15, -0.1) is 0 Å². The lowest BCUT2D eigenvalue weighted by molar-refractivity contribution is 0.150. The Morgan fingerprint density at radius 2 is 1.31 bits per heavy atom. The van der Waals surface area contributed by atoms with Gasteiger partial charge in [0, 0.05) is 0 Å². The van der Waals surface area contributed by atoms with E-state index in [2.05, 4.69) is 0 Å². The molecule has 0 aromatic heterocycles. The Balaban J connectivity index is 2.21. The number of rotatable bonds is 7. The molecule has 0 radical (unpaired) electrons. The van der Waals surface area contributed by atoms with Crippen LogP contribution in [0, 0.1) is 0 Å². The number of aromatic hydroxyl groups is 2. The molecule has 0 fully saturated rings. The minimum atomic E-state index is -3.38. The number of hydrogen-bond acceptors (Lipinski definition) is 5. The highest BCUT2D eigenvalue weighted by Gasteiger charge is 2.30. The van der Waals surface area contributed by atoms with Gasteiger partial charge in [-0.05, 0) is 63.1 Å². The molecular weight excluding hydrogens is 351 g/mol. The summed E-state index contributed by atoms with van der Waals surface area (Å²) in [6.07, 6.45) is 3.22. The summed E-state index contributed by atoms with van der Waals surface area (Å²) in [5, 5.41) is 19.4. The summed E-state index contributed by atoms with van der Waals surface area (Å²) in [7, 11) is -3.38. The van der Waals surface area contributed by atoms with E-state index < -0.39 is 7.60 Å². The summed E-state index contributed by atoms with van der Waals surface area (Å²) >= 11 is 0. The van der Waals surface area contributed by atoms with E-state index in [4.69, 9.17) is 9.05 Å². The lowest BCUT2D eigenvalue weighted by Gasteiger charge is -2.23. The van der Waals surface area contributed by atoms with Crippen LogP contribution in [0.15, 0.2) is 42.5 Å². The van der Waals surface area contributed by atoms with Crippen LogP contribution in [0.1, 0.15) is 38.8 Å². The molecule has 2 aromatic rings. The molecule has 0 aliphatic rings. The van der Waals surface area contributed by atoms with E-state index in [1.807, 2.05) is 52.0 Å². The number of phenolic OH excluding ortho intramolecular Hbond substituents is 2. The number of phenols is 2. The molecular formula is C20H25O5P. The van der Waals surface area contributed by atoms with Crippen LogP contribution in [0.5, 0.6) is 11.5 Å². The Kier molecular flexibility index (Phi) is 6.65. The molecule has 0 spiro atoms. The topological polar surface area (TPSA) is 76.0 Å². The minimum Gasteiger partial charge on any atom is -0.504 e. The van der Waals surface area contributed by atoms with Crippen LogP contribution in [0.3, 0.4) is 0 Å². The van der Waals surface area contributed by atoms with Crippen molar-refractivity contribution in [2.45, 2.75) is 39.9 Å². The maximum atomic E-state index is 13.1. The lowest BCUT2D eigenvalue weighted by Crippen LogP contribution is -2.16. The SMILES string of the molecule is CC(C)OP(=O)(OC(C)C)c1ccc(C=Cc2ccc(O)c(O)c2)cc1. The van der Waals surface area contributed by atoms with Crippen LogP contribution in [0.4, 0.5) is 0 Å². The minimum absolute atomic E-state index is 0.155. The van der Waals surface area contributed by atoms with Crippen molar-refractivity contribution in [3.63, 3.8) is 0 Å². The molecule has 2 aromatic carbocycles. The molecule has 0 saturated carbocycles. The van der Waals surface area contributed by atoms with E-state index in [0.29, 0.717) is 5.30 Å². The quantitative estimate of drug-likeness (QED) is 0.407. The molecule has 0 amide bonds. The summed E-state index contributed by atoms with van der Waals surface area (Å²) in [6.45, 7) is 7.28. The first-order chi connectivity index (χ1) is 12.2. The molecule has 26 heavy (non-hydrogen) atoms. The second-order valence-electron chi connectivity index (χ2n) is 6.48. The molecule has 140 valence electrons. The molecule has 6 heteroatoms. The fraction of sp³-hybridized carbons (Fsp3) is 0.300. The number of benzene rings is 2. The summed E-state index contributed by atoms with van der Waals surface area (Å²) < 4.78 is 24.3. The van der Waals surface area contributed by atoms with Gasteiger partial charge in [-0.2, -0.15) is 0 Å². The fourth-order valence-electron chi connectivity index (χ4n) is 2.31. The highest BCUT2D eigenvalue weighted by Crippen LogP contribution is 2.49. The largest absolute Gasteiger partial charge is 0.504 e. The first-order valence-corrected chi connectivity index (χ1v) is 10.0. The molecule has 2 N–H and O–H groups in total. The smallest absolute Gasteiger partial charge is 0.361 e. The van der Waals surface area contributed by atoms with Gasteiger partial charge in [-0.25, -0.2) is 0 Å². The van der Waals surface area contributed by atoms with Crippen LogP contribution in [-0.4, -0.2) is 22.4 Å². The predicted molar refractivity (Wildman–Crippen MR) is 105 cm³/mol. The Labute approximate surface area is 154 Å². The van der Waals surface area contributed by atoms with Crippen molar-refractivity contribution in [1.82, 2.24) is 0 Å². The maximum Gasteiger partial charge on any atom is 0.361 e. The zero-order valence-electron chi connectivity index (χ0n) is 15.4. The lowest BCUT2D eigenvalue weighted by atomic mass is 10.1. The van der Waals surface area contributed by atoms with Crippen molar-refractivity contribution in [2.75, 3.05) is 0 Å². The normalized spacial score (nSPS) is 12.4. The van der Waals surface area contributed by atoms with Gasteiger partial charge in [0.05, 0.1) is 17.5 Å². The van der Waals surface area contributed by atoms with Crippen LogP contribution in [-0.2, 0) is 13.6 Å². The first-order valence-electron chi connectivity index (χ1n) is 8.47. The Morgan fingerprint density at radius 1 is 0.808 bits per heavy atom. The molecule has 0 bridgehead atoms. The van der Waals surface area contributed by atoms with Gasteiger partial charge in [0.1, 0.15) is 0 Å². The van der Waals surface area contributed by atoms with Crippen LogP contribution in [0.2, 0.25) is 0 Å². The average Bonchev–Trinajstić information content (AvgIpc) is 2.55. The van der Waals surface area contributed by atoms with Gasteiger partial charge in [0.25, 0.3) is 0 Å². The predicted octanol–water partition coefficient (Wildman–Crippen LogP) is 4.94. The average molecular weight is 376 g/mol. The maximum absolute atomic E-state index is 13.1. The van der Waals surface area contributed by atoms with Crippen LogP contribution in [0.25, 0.3) is 12.2 Å². The van der Waals surface area contributed by atoms with Crippen molar-refractivity contribution >= 4 is 25.1 Å². The van der Waals surface area contributed by atoms with E-state index >= 15 is 0 Å². The third kappa shape index (κ3) is 5.46. The molecule has 0 atom stereocenters. The van der Waals surface area contributed by atoms with E-state index in [1.54, 1.807) is 18.2 Å². The van der Waals surface area contributed by atoms with Gasteiger partial charge < -0.3 is 19.3 Å². The Hall–Kier alpha value is -2.07. The van der Waals surface area contributed by atoms with Crippen molar-refractivity contribution in [3.8, 4) is 11.5 Å². The Morgan fingerprint density at radius 3 is 1.81 bits per heavy atom. The van der Waals surface area contributed by atoms with Gasteiger partial charge >= 0.3 is 7.60 Å². The Bertz CT molecular complexity index is 795. The van der Waals surface area contributed by atoms with Crippen LogP contribution >= 0.6 is 7.60 Å². The molecule has 2 rings (SSSR count). The summed E-state index contributed by atoms with van der Waals surface area (Å²) in [6, 6.07) is 11.7. The highest BCUT2D eigenvalue weighted by atomic mass is 31.2. The van der Waals surface area contributed by atoms with Gasteiger partial charge in [-0.1, -0.05) is 30.4 Å². The van der Waals surface area contributed by atoms with Crippen LogP contribution < -0.4 is 5.30 Å². The molecule has 0 heterocycles. The van der Waals surface area contributed by atoms with E-state index in [-0.39, 0.29) is 23.7 Å². The fourth-order valence-corrected chi connectivity index (χ4v) is 4.22. The second kappa shape index (κ2) is 8.54. The second-order valence-corrected chi connectivity index (χ2v) is 8.41. The third-order valence-corrected chi connectivity index (χ3v) is 5.71. The van der Waals surface area contributed by atoms with Crippen molar-refractivity contribution in [1.29, 1.82) is 0 Å². The molecule has 0 saturated heterocycles. The van der Waals surface area contributed by atoms with E-state index in [0.717, 1.165) is 11.1 Å². The molecule has 0 unspecified atom stereocenters. The highest BCUT2D eigenvalue weighted by molar-refractivity contribution is 7.62. The number of hydrogen-bond donors (Lipinski definition) is 2. The van der Waals surface area contributed by atoms with Gasteiger partial charge in [0.15, 0.2) is 11.5 Å². The van der Waals surface area contributed by atoms with Crippen molar-refractivity contribution in [3.05, 3.63) is 53.6 Å². The van der Waals surface area contributed by atoms with E-state index in [9.17, 15) is 14.8 Å². The van der Waals surface area contributed by atoms with Gasteiger partial charge in [-0.3, -0.25) is 4.57 Å². The zero-order chi connectivity index (χ0) is 19.3. The van der Waals surface area contributed by atoms with E-state index in [1.165, 1.54) is 12.1 Å².